The molecule has 4 aliphatic rings. The standard InChI is InChI=1S/C15H24N2O2/c18-12-4-5-16-8-10-6-11(14(16)7-12)9-17-13(10)2-1-3-15(17)19/h10-14,18H,1-9H2/t10-,11-,12-,13+,14-/m0/s1. The molecule has 106 valence electrons. The summed E-state index contributed by atoms with van der Waals surface area (Å²) in [6.07, 6.45) is 6.07. The third-order valence-electron chi connectivity index (χ3n) is 5.94. The van der Waals surface area contributed by atoms with Crippen LogP contribution in [0.5, 0.6) is 0 Å². The molecule has 4 saturated heterocycles. The maximum Gasteiger partial charge on any atom is 0.222 e. The Bertz CT molecular complexity index is 386. The fourth-order valence-electron chi connectivity index (χ4n) is 5.07. The van der Waals surface area contributed by atoms with E-state index in [1.165, 1.54) is 12.8 Å². The lowest BCUT2D eigenvalue weighted by atomic mass is 9.70. The van der Waals surface area contributed by atoms with Crippen LogP contribution in [-0.2, 0) is 4.79 Å². The Morgan fingerprint density at radius 3 is 2.79 bits per heavy atom. The first-order chi connectivity index (χ1) is 9.22. The number of amides is 1. The summed E-state index contributed by atoms with van der Waals surface area (Å²) < 4.78 is 0. The van der Waals surface area contributed by atoms with Gasteiger partial charge in [-0.2, -0.15) is 0 Å². The molecular weight excluding hydrogens is 240 g/mol. The second-order valence-corrected chi connectivity index (χ2v) is 7.00. The third kappa shape index (κ3) is 1.91. The first-order valence-electron chi connectivity index (χ1n) is 7.94. The highest BCUT2D eigenvalue weighted by Crippen LogP contribution is 2.42. The number of aliphatic hydroxyl groups excluding tert-OH is 1. The van der Waals surface area contributed by atoms with E-state index < -0.39 is 0 Å². The van der Waals surface area contributed by atoms with Gasteiger partial charge in [0, 0.05) is 38.1 Å². The molecule has 4 fully saturated rings. The number of carbonyl (C=O) groups excluding carboxylic acids is 1. The molecule has 0 aromatic heterocycles. The van der Waals surface area contributed by atoms with Crippen molar-refractivity contribution in [1.82, 2.24) is 9.80 Å². The summed E-state index contributed by atoms with van der Waals surface area (Å²) in [4.78, 5) is 17.0. The third-order valence-corrected chi connectivity index (χ3v) is 5.94. The van der Waals surface area contributed by atoms with Crippen LogP contribution in [0.25, 0.3) is 0 Å². The van der Waals surface area contributed by atoms with Gasteiger partial charge in [-0.1, -0.05) is 0 Å². The quantitative estimate of drug-likeness (QED) is 0.705. The van der Waals surface area contributed by atoms with Crippen LogP contribution in [0.15, 0.2) is 0 Å². The van der Waals surface area contributed by atoms with E-state index in [4.69, 9.17) is 0 Å². The summed E-state index contributed by atoms with van der Waals surface area (Å²) in [6.45, 7) is 3.16. The van der Waals surface area contributed by atoms with Crippen LogP contribution in [0.1, 0.15) is 38.5 Å². The summed E-state index contributed by atoms with van der Waals surface area (Å²) in [7, 11) is 0. The van der Waals surface area contributed by atoms with Gasteiger partial charge in [-0.25, -0.2) is 0 Å². The smallest absolute Gasteiger partial charge is 0.222 e. The first kappa shape index (κ1) is 12.2. The SMILES string of the molecule is O=C1CCC[C@@H]2[C@H]3C[C@@H](CN12)[C@@H]1C[C@@H](O)CCN1C3. The van der Waals surface area contributed by atoms with Gasteiger partial charge in [-0.05, 0) is 43.9 Å². The number of aliphatic hydroxyl groups is 1. The maximum atomic E-state index is 12.1. The highest BCUT2D eigenvalue weighted by atomic mass is 16.3. The lowest BCUT2D eigenvalue weighted by Crippen LogP contribution is -2.65. The zero-order valence-electron chi connectivity index (χ0n) is 11.5. The van der Waals surface area contributed by atoms with E-state index in [0.29, 0.717) is 29.8 Å². The molecule has 0 aromatic carbocycles. The van der Waals surface area contributed by atoms with E-state index in [1.807, 2.05) is 0 Å². The Hall–Kier alpha value is -0.610. The topological polar surface area (TPSA) is 43.8 Å². The molecule has 1 N–H and O–H groups in total. The number of hydrogen-bond acceptors (Lipinski definition) is 3. The van der Waals surface area contributed by atoms with Crippen LogP contribution in [0.2, 0.25) is 0 Å². The van der Waals surface area contributed by atoms with E-state index in [-0.39, 0.29) is 6.10 Å². The predicted octanol–water partition coefficient (Wildman–Crippen LogP) is 0.843. The van der Waals surface area contributed by atoms with Gasteiger partial charge in [0.1, 0.15) is 0 Å². The largest absolute Gasteiger partial charge is 0.393 e. The van der Waals surface area contributed by atoms with E-state index in [0.717, 1.165) is 45.3 Å². The van der Waals surface area contributed by atoms with Crippen molar-refractivity contribution < 1.29 is 9.90 Å². The molecule has 0 radical (unpaired) electrons. The second kappa shape index (κ2) is 4.45. The molecule has 1 amide bonds. The fraction of sp³-hybridized carbons (Fsp3) is 0.933. The molecule has 2 bridgehead atoms. The van der Waals surface area contributed by atoms with Gasteiger partial charge in [0.15, 0.2) is 0 Å². The Kier molecular flexibility index (Phi) is 2.85. The minimum Gasteiger partial charge on any atom is -0.393 e. The molecule has 5 atom stereocenters. The normalized spacial score (nSPS) is 46.7. The maximum absolute atomic E-state index is 12.1. The minimum atomic E-state index is -0.118. The fourth-order valence-corrected chi connectivity index (χ4v) is 5.07. The van der Waals surface area contributed by atoms with Crippen molar-refractivity contribution >= 4 is 5.91 Å². The number of carbonyl (C=O) groups is 1. The van der Waals surface area contributed by atoms with E-state index in [1.54, 1.807) is 0 Å². The van der Waals surface area contributed by atoms with Crippen LogP contribution in [0.4, 0.5) is 0 Å². The van der Waals surface area contributed by atoms with Crippen LogP contribution >= 0.6 is 0 Å². The lowest BCUT2D eigenvalue weighted by molar-refractivity contribution is -0.150. The van der Waals surface area contributed by atoms with Gasteiger partial charge in [0.25, 0.3) is 0 Å². The second-order valence-electron chi connectivity index (χ2n) is 7.00. The summed E-state index contributed by atoms with van der Waals surface area (Å²) in [5.74, 6) is 1.68. The summed E-state index contributed by atoms with van der Waals surface area (Å²) >= 11 is 0. The Balaban J connectivity index is 1.58. The Morgan fingerprint density at radius 1 is 1.05 bits per heavy atom. The van der Waals surface area contributed by atoms with Crippen molar-refractivity contribution in [3.8, 4) is 0 Å². The zero-order chi connectivity index (χ0) is 13.0. The van der Waals surface area contributed by atoms with Crippen LogP contribution < -0.4 is 0 Å². The molecule has 0 aromatic rings. The van der Waals surface area contributed by atoms with Crippen LogP contribution in [0, 0.1) is 11.8 Å². The zero-order valence-corrected chi connectivity index (χ0v) is 11.5. The van der Waals surface area contributed by atoms with E-state index >= 15 is 0 Å². The van der Waals surface area contributed by atoms with Crippen LogP contribution in [-0.4, -0.2) is 58.6 Å². The highest BCUT2D eigenvalue weighted by molar-refractivity contribution is 5.77. The molecule has 4 heteroatoms. The average molecular weight is 264 g/mol. The molecule has 0 unspecified atom stereocenters. The number of fused-ring (bicyclic) bond motifs is 6. The van der Waals surface area contributed by atoms with E-state index in [2.05, 4.69) is 9.80 Å². The van der Waals surface area contributed by atoms with E-state index in [9.17, 15) is 9.90 Å². The molecule has 19 heavy (non-hydrogen) atoms. The lowest BCUT2D eigenvalue weighted by Gasteiger charge is -2.57. The number of hydrogen-bond donors (Lipinski definition) is 1. The number of nitrogens with zero attached hydrogens (tertiary/aromatic N) is 2. The Morgan fingerprint density at radius 2 is 1.89 bits per heavy atom. The predicted molar refractivity (Wildman–Crippen MR) is 71.6 cm³/mol. The van der Waals surface area contributed by atoms with Gasteiger partial charge < -0.3 is 10.0 Å². The van der Waals surface area contributed by atoms with Gasteiger partial charge in [-0.15, -0.1) is 0 Å². The molecule has 4 heterocycles. The molecular formula is C15H24N2O2. The first-order valence-corrected chi connectivity index (χ1v) is 7.94. The van der Waals surface area contributed by atoms with Crippen molar-refractivity contribution in [2.45, 2.75) is 56.7 Å². The van der Waals surface area contributed by atoms with Crippen molar-refractivity contribution in [2.75, 3.05) is 19.6 Å². The summed E-state index contributed by atoms with van der Waals surface area (Å²) in [6, 6.07) is 1.04. The summed E-state index contributed by atoms with van der Waals surface area (Å²) in [5, 5.41) is 9.92. The van der Waals surface area contributed by atoms with Gasteiger partial charge in [-0.3, -0.25) is 9.69 Å². The molecule has 4 aliphatic heterocycles. The number of piperidine rings is 4. The number of rotatable bonds is 0. The molecule has 4 rings (SSSR count). The highest BCUT2D eigenvalue weighted by Gasteiger charge is 2.48. The molecule has 0 saturated carbocycles. The van der Waals surface area contributed by atoms with Gasteiger partial charge in [0.2, 0.25) is 5.91 Å². The average Bonchev–Trinajstić information content (AvgIpc) is 2.41. The van der Waals surface area contributed by atoms with Gasteiger partial charge >= 0.3 is 0 Å². The molecule has 4 nitrogen and oxygen atoms in total. The van der Waals surface area contributed by atoms with Crippen LogP contribution in [0.3, 0.4) is 0 Å². The van der Waals surface area contributed by atoms with Gasteiger partial charge in [0.05, 0.1) is 6.10 Å². The Labute approximate surface area is 114 Å². The van der Waals surface area contributed by atoms with Crippen molar-refractivity contribution in [3.05, 3.63) is 0 Å². The monoisotopic (exact) mass is 264 g/mol. The minimum absolute atomic E-state index is 0.118. The summed E-state index contributed by atoms with van der Waals surface area (Å²) in [5.41, 5.74) is 0. The molecule has 0 spiro atoms. The van der Waals surface area contributed by atoms with Crippen molar-refractivity contribution in [1.29, 1.82) is 0 Å². The van der Waals surface area contributed by atoms with Crippen molar-refractivity contribution in [3.63, 3.8) is 0 Å². The van der Waals surface area contributed by atoms with Crippen molar-refractivity contribution in [2.24, 2.45) is 11.8 Å². The molecule has 0 aliphatic carbocycles.